The van der Waals surface area contributed by atoms with E-state index < -0.39 is 0 Å². The van der Waals surface area contributed by atoms with Crippen molar-refractivity contribution >= 4 is 27.7 Å². The van der Waals surface area contributed by atoms with Gasteiger partial charge < -0.3 is 4.42 Å². The molecule has 1 aliphatic rings. The predicted octanol–water partition coefficient (Wildman–Crippen LogP) is 7.93. The Labute approximate surface area is 177 Å². The number of allylic oxidation sites excluding steroid dienone is 1. The molecule has 4 aromatic rings. The molecule has 1 unspecified atom stereocenters. The van der Waals surface area contributed by atoms with Crippen molar-refractivity contribution in [3.63, 3.8) is 0 Å². The van der Waals surface area contributed by atoms with Gasteiger partial charge in [0.1, 0.15) is 11.2 Å². The minimum atomic E-state index is 0.120. The van der Waals surface area contributed by atoms with Gasteiger partial charge in [0.25, 0.3) is 0 Å². The molecule has 0 N–H and O–H groups in total. The standard InChI is InChI=1S/C28H27NO/c1-17(2)22-16-23(18(3)4)28-26(20-12-8-9-13-24(20)30-28)25(22)21-14-15-29-27(21)19-10-6-5-7-11-19/h5-18,21H,1-4H3. The number of aliphatic imine (C=N–C) groups is 1. The summed E-state index contributed by atoms with van der Waals surface area (Å²) in [6.07, 6.45) is 4.20. The molecule has 1 atom stereocenters. The second kappa shape index (κ2) is 7.28. The number of nitrogens with zero attached hydrogens (tertiary/aromatic N) is 1. The lowest BCUT2D eigenvalue weighted by atomic mass is 9.80. The zero-order valence-corrected chi connectivity index (χ0v) is 18.0. The highest BCUT2D eigenvalue weighted by molar-refractivity contribution is 6.14. The molecule has 0 radical (unpaired) electrons. The van der Waals surface area contributed by atoms with Gasteiger partial charge in [-0.25, -0.2) is 0 Å². The lowest BCUT2D eigenvalue weighted by Crippen LogP contribution is -2.13. The fourth-order valence-corrected chi connectivity index (χ4v) is 4.69. The van der Waals surface area contributed by atoms with Crippen LogP contribution in [0.2, 0.25) is 0 Å². The topological polar surface area (TPSA) is 25.5 Å². The summed E-state index contributed by atoms with van der Waals surface area (Å²) in [6.45, 7) is 9.07. The first-order chi connectivity index (χ1) is 14.6. The van der Waals surface area contributed by atoms with E-state index in [0.717, 1.165) is 16.9 Å². The fourth-order valence-electron chi connectivity index (χ4n) is 4.69. The first-order valence-electron chi connectivity index (χ1n) is 10.8. The van der Waals surface area contributed by atoms with Gasteiger partial charge in [-0.05, 0) is 40.2 Å². The molecule has 1 aliphatic heterocycles. The summed E-state index contributed by atoms with van der Waals surface area (Å²) in [5, 5.41) is 2.44. The van der Waals surface area contributed by atoms with Crippen molar-refractivity contribution in [2.45, 2.75) is 45.4 Å². The summed E-state index contributed by atoms with van der Waals surface area (Å²) in [5.41, 5.74) is 8.28. The van der Waals surface area contributed by atoms with E-state index in [1.807, 2.05) is 6.20 Å². The SMILES string of the molecule is CC(C)c1cc(C(C)C)c2oc3ccccc3c2c1C1C=CN=C1c1ccccc1. The number of para-hydroxylation sites is 1. The summed E-state index contributed by atoms with van der Waals surface area (Å²) in [7, 11) is 0. The number of furan rings is 1. The molecule has 0 aliphatic carbocycles. The van der Waals surface area contributed by atoms with E-state index in [4.69, 9.17) is 9.41 Å². The van der Waals surface area contributed by atoms with Crippen molar-refractivity contribution in [3.05, 3.63) is 95.2 Å². The van der Waals surface area contributed by atoms with E-state index in [0.29, 0.717) is 11.8 Å². The van der Waals surface area contributed by atoms with E-state index in [1.165, 1.54) is 33.0 Å². The van der Waals surface area contributed by atoms with Crippen LogP contribution < -0.4 is 0 Å². The van der Waals surface area contributed by atoms with Gasteiger partial charge in [-0.15, -0.1) is 0 Å². The van der Waals surface area contributed by atoms with Gasteiger partial charge in [-0.1, -0.05) is 88.4 Å². The van der Waals surface area contributed by atoms with Crippen molar-refractivity contribution in [2.75, 3.05) is 0 Å². The normalized spacial score (nSPS) is 16.3. The molecule has 150 valence electrons. The quantitative estimate of drug-likeness (QED) is 0.345. The van der Waals surface area contributed by atoms with Crippen molar-refractivity contribution < 1.29 is 4.42 Å². The summed E-state index contributed by atoms with van der Waals surface area (Å²) in [5.74, 6) is 0.914. The van der Waals surface area contributed by atoms with E-state index in [9.17, 15) is 0 Å². The first-order valence-corrected chi connectivity index (χ1v) is 10.8. The van der Waals surface area contributed by atoms with Crippen LogP contribution in [0.4, 0.5) is 0 Å². The van der Waals surface area contributed by atoms with Crippen LogP contribution in [0.3, 0.4) is 0 Å². The van der Waals surface area contributed by atoms with Crippen LogP contribution in [0.25, 0.3) is 21.9 Å². The maximum Gasteiger partial charge on any atom is 0.139 e. The minimum Gasteiger partial charge on any atom is -0.456 e. The van der Waals surface area contributed by atoms with Crippen LogP contribution in [0.15, 0.2) is 82.3 Å². The van der Waals surface area contributed by atoms with Gasteiger partial charge in [-0.3, -0.25) is 4.99 Å². The number of fused-ring (bicyclic) bond motifs is 3. The van der Waals surface area contributed by atoms with Crippen LogP contribution in [0.1, 0.15) is 67.7 Å². The van der Waals surface area contributed by atoms with E-state index in [2.05, 4.69) is 94.4 Å². The highest BCUT2D eigenvalue weighted by Gasteiger charge is 2.29. The number of hydrogen-bond donors (Lipinski definition) is 0. The molecule has 0 saturated heterocycles. The Kier molecular flexibility index (Phi) is 4.58. The molecule has 2 heteroatoms. The van der Waals surface area contributed by atoms with Gasteiger partial charge in [0.05, 0.1) is 5.71 Å². The Morgan fingerprint density at radius 2 is 1.53 bits per heavy atom. The van der Waals surface area contributed by atoms with Crippen LogP contribution >= 0.6 is 0 Å². The molecule has 2 nitrogen and oxygen atoms in total. The smallest absolute Gasteiger partial charge is 0.139 e. The van der Waals surface area contributed by atoms with Gasteiger partial charge in [0.15, 0.2) is 0 Å². The molecule has 2 heterocycles. The molecular weight excluding hydrogens is 366 g/mol. The third-order valence-corrected chi connectivity index (χ3v) is 6.16. The number of hydrogen-bond acceptors (Lipinski definition) is 2. The maximum atomic E-state index is 6.46. The second-order valence-corrected chi connectivity index (χ2v) is 8.78. The summed E-state index contributed by atoms with van der Waals surface area (Å²) in [6, 6.07) is 21.3. The van der Waals surface area contributed by atoms with Gasteiger partial charge in [0.2, 0.25) is 0 Å². The molecule has 0 fully saturated rings. The van der Waals surface area contributed by atoms with E-state index in [-0.39, 0.29) is 5.92 Å². The Morgan fingerprint density at radius 1 is 0.833 bits per heavy atom. The first kappa shape index (κ1) is 18.9. The molecule has 0 bridgehead atoms. The average Bonchev–Trinajstić information content (AvgIpc) is 3.38. The van der Waals surface area contributed by atoms with Crippen LogP contribution in [-0.4, -0.2) is 5.71 Å². The van der Waals surface area contributed by atoms with Crippen LogP contribution in [0, 0.1) is 0 Å². The minimum absolute atomic E-state index is 0.120. The lowest BCUT2D eigenvalue weighted by Gasteiger charge is -2.23. The molecule has 3 aromatic carbocycles. The van der Waals surface area contributed by atoms with E-state index >= 15 is 0 Å². The molecule has 1 aromatic heterocycles. The predicted molar refractivity (Wildman–Crippen MR) is 127 cm³/mol. The molecule has 0 saturated carbocycles. The third-order valence-electron chi connectivity index (χ3n) is 6.16. The summed E-state index contributed by atoms with van der Waals surface area (Å²) in [4.78, 5) is 4.80. The molecule has 0 amide bonds. The molecule has 30 heavy (non-hydrogen) atoms. The lowest BCUT2D eigenvalue weighted by molar-refractivity contribution is 0.655. The number of benzene rings is 3. The Morgan fingerprint density at radius 3 is 2.27 bits per heavy atom. The zero-order valence-electron chi connectivity index (χ0n) is 18.0. The highest BCUT2D eigenvalue weighted by Crippen LogP contribution is 2.44. The van der Waals surface area contributed by atoms with Gasteiger partial charge in [0, 0.05) is 22.9 Å². The Hall–Kier alpha value is -3.13. The number of rotatable bonds is 4. The Balaban J connectivity index is 1.87. The average molecular weight is 394 g/mol. The Bertz CT molecular complexity index is 1290. The largest absolute Gasteiger partial charge is 0.456 e. The summed E-state index contributed by atoms with van der Waals surface area (Å²) < 4.78 is 6.46. The van der Waals surface area contributed by atoms with Gasteiger partial charge >= 0.3 is 0 Å². The van der Waals surface area contributed by atoms with Crippen molar-refractivity contribution in [3.8, 4) is 0 Å². The van der Waals surface area contributed by atoms with E-state index in [1.54, 1.807) is 0 Å². The molecular formula is C28H27NO. The maximum absolute atomic E-state index is 6.46. The van der Waals surface area contributed by atoms with Crippen LogP contribution in [-0.2, 0) is 0 Å². The zero-order chi connectivity index (χ0) is 20.8. The second-order valence-electron chi connectivity index (χ2n) is 8.78. The van der Waals surface area contributed by atoms with Crippen molar-refractivity contribution in [2.24, 2.45) is 4.99 Å². The van der Waals surface area contributed by atoms with Crippen molar-refractivity contribution in [1.29, 1.82) is 0 Å². The third kappa shape index (κ3) is 2.90. The highest BCUT2D eigenvalue weighted by atomic mass is 16.3. The molecule has 5 rings (SSSR count). The van der Waals surface area contributed by atoms with Gasteiger partial charge in [-0.2, -0.15) is 0 Å². The molecule has 0 spiro atoms. The van der Waals surface area contributed by atoms with Crippen molar-refractivity contribution in [1.82, 2.24) is 0 Å². The fraction of sp³-hybridized carbons (Fsp3) is 0.250. The summed E-state index contributed by atoms with van der Waals surface area (Å²) >= 11 is 0. The monoisotopic (exact) mass is 393 g/mol. The van der Waals surface area contributed by atoms with Crippen LogP contribution in [0.5, 0.6) is 0 Å².